The number of thiol groups is 1. The van der Waals surface area contributed by atoms with Gasteiger partial charge >= 0.3 is 0 Å². The number of hydrogen-bond donors (Lipinski definition) is 2. The number of carbonyl (C=O) groups excluding carboxylic acids is 2. The highest BCUT2D eigenvalue weighted by molar-refractivity contribution is 7.90. The second-order valence-electron chi connectivity index (χ2n) is 4.81. The number of sulfonamides is 1. The first-order valence-electron chi connectivity index (χ1n) is 6.39. The zero-order valence-corrected chi connectivity index (χ0v) is 13.1. The molecule has 8 heteroatoms. The first-order valence-corrected chi connectivity index (χ1v) is 8.67. The zero-order valence-electron chi connectivity index (χ0n) is 11.4. The Bertz CT molecular complexity index is 490. The van der Waals surface area contributed by atoms with Crippen molar-refractivity contribution in [2.75, 3.05) is 18.1 Å². The van der Waals surface area contributed by atoms with Crippen LogP contribution in [-0.4, -0.2) is 49.2 Å². The van der Waals surface area contributed by atoms with E-state index in [4.69, 9.17) is 0 Å². The van der Waals surface area contributed by atoms with Crippen LogP contribution in [-0.2, 0) is 19.6 Å². The summed E-state index contributed by atoms with van der Waals surface area (Å²) in [5.74, 6) is -1.05. The number of carbonyl (C=O) groups is 2. The summed E-state index contributed by atoms with van der Waals surface area (Å²) in [6, 6.07) is -0.718. The lowest BCUT2D eigenvalue weighted by Gasteiger charge is -2.26. The van der Waals surface area contributed by atoms with Crippen LogP contribution in [0.25, 0.3) is 0 Å². The maximum Gasteiger partial charge on any atom is 0.256 e. The summed E-state index contributed by atoms with van der Waals surface area (Å²) in [6.07, 6.45) is 2.36. The van der Waals surface area contributed by atoms with Crippen LogP contribution in [0, 0.1) is 5.92 Å². The van der Waals surface area contributed by atoms with Crippen LogP contribution < -0.4 is 4.72 Å². The predicted molar refractivity (Wildman–Crippen MR) is 79.9 cm³/mol. The highest BCUT2D eigenvalue weighted by atomic mass is 32.2. The molecule has 1 heterocycles. The molecule has 0 aromatic carbocycles. The fraction of sp³-hybridized carbons (Fsp3) is 0.667. The Hall–Kier alpha value is -1.02. The van der Waals surface area contributed by atoms with Gasteiger partial charge in [-0.2, -0.15) is 12.6 Å². The van der Waals surface area contributed by atoms with Gasteiger partial charge in [0.1, 0.15) is 6.04 Å². The van der Waals surface area contributed by atoms with Gasteiger partial charge in [-0.1, -0.05) is 13.0 Å². The van der Waals surface area contributed by atoms with E-state index in [1.54, 1.807) is 6.92 Å². The van der Waals surface area contributed by atoms with E-state index in [9.17, 15) is 18.0 Å². The van der Waals surface area contributed by atoms with E-state index in [1.807, 2.05) is 4.72 Å². The molecule has 0 saturated carbocycles. The highest BCUT2D eigenvalue weighted by Gasteiger charge is 2.36. The van der Waals surface area contributed by atoms with Gasteiger partial charge in [0.15, 0.2) is 0 Å². The molecule has 1 N–H and O–H groups in total. The van der Waals surface area contributed by atoms with Crippen LogP contribution in [0.2, 0.25) is 0 Å². The lowest BCUT2D eigenvalue weighted by atomic mass is 10.1. The Morgan fingerprint density at radius 2 is 2.20 bits per heavy atom. The highest BCUT2D eigenvalue weighted by Crippen LogP contribution is 2.20. The van der Waals surface area contributed by atoms with Crippen molar-refractivity contribution in [3.63, 3.8) is 0 Å². The van der Waals surface area contributed by atoms with Gasteiger partial charge < -0.3 is 4.90 Å². The van der Waals surface area contributed by atoms with Crippen molar-refractivity contribution in [1.29, 1.82) is 0 Å². The van der Waals surface area contributed by atoms with Gasteiger partial charge in [-0.25, -0.2) is 8.42 Å². The monoisotopic (exact) mass is 320 g/mol. The summed E-state index contributed by atoms with van der Waals surface area (Å²) in [6.45, 7) is 5.53. The molecule has 1 aliphatic heterocycles. The van der Waals surface area contributed by atoms with Crippen molar-refractivity contribution in [3.05, 3.63) is 12.7 Å². The number of nitrogens with zero attached hydrogens (tertiary/aromatic N) is 1. The molecule has 2 atom stereocenters. The van der Waals surface area contributed by atoms with Crippen LogP contribution in [0.1, 0.15) is 19.8 Å². The minimum atomic E-state index is -3.71. The number of hydrogen-bond acceptors (Lipinski definition) is 5. The SMILES string of the molecule is C=CCS(=O)(=O)NC(=O)C1CCCN1C(=O)[C@H](C)CS. The molecule has 0 radical (unpaired) electrons. The molecular formula is C12H20N2O4S2. The van der Waals surface area contributed by atoms with Gasteiger partial charge in [-0.05, 0) is 12.8 Å². The smallest absolute Gasteiger partial charge is 0.256 e. The topological polar surface area (TPSA) is 83.6 Å². The van der Waals surface area contributed by atoms with E-state index in [-0.39, 0.29) is 17.6 Å². The van der Waals surface area contributed by atoms with Crippen molar-refractivity contribution < 1.29 is 18.0 Å². The molecule has 0 aromatic heterocycles. The number of likely N-dealkylation sites (tertiary alicyclic amines) is 1. The van der Waals surface area contributed by atoms with Crippen LogP contribution in [0.5, 0.6) is 0 Å². The summed E-state index contributed by atoms with van der Waals surface area (Å²) >= 11 is 4.07. The maximum atomic E-state index is 12.1. The molecule has 1 unspecified atom stereocenters. The van der Waals surface area contributed by atoms with Crippen molar-refractivity contribution in [2.24, 2.45) is 5.92 Å². The van der Waals surface area contributed by atoms with E-state index in [1.165, 1.54) is 11.0 Å². The fourth-order valence-corrected chi connectivity index (χ4v) is 3.07. The van der Waals surface area contributed by atoms with Gasteiger partial charge in [0.25, 0.3) is 5.91 Å². The fourth-order valence-electron chi connectivity index (χ4n) is 2.08. The Balaban J connectivity index is 2.77. The van der Waals surface area contributed by atoms with Crippen LogP contribution >= 0.6 is 12.6 Å². The normalized spacial score (nSPS) is 20.5. The van der Waals surface area contributed by atoms with Gasteiger partial charge in [0, 0.05) is 18.2 Å². The molecule has 1 fully saturated rings. The molecule has 0 spiro atoms. The quantitative estimate of drug-likeness (QED) is 0.540. The molecule has 1 rings (SSSR count). The largest absolute Gasteiger partial charge is 0.330 e. The first-order chi connectivity index (χ1) is 9.32. The van der Waals surface area contributed by atoms with Crippen LogP contribution in [0.3, 0.4) is 0 Å². The van der Waals surface area contributed by atoms with E-state index in [0.717, 1.165) is 0 Å². The van der Waals surface area contributed by atoms with Crippen molar-refractivity contribution in [3.8, 4) is 0 Å². The second-order valence-corrected chi connectivity index (χ2v) is 6.94. The van der Waals surface area contributed by atoms with Crippen molar-refractivity contribution >= 4 is 34.5 Å². The Morgan fingerprint density at radius 3 is 2.75 bits per heavy atom. The number of rotatable bonds is 6. The third kappa shape index (κ3) is 4.24. The number of nitrogens with one attached hydrogen (secondary N) is 1. The van der Waals surface area contributed by atoms with Crippen LogP contribution in [0.4, 0.5) is 0 Å². The standard InChI is InChI=1S/C12H20N2O4S2/c1-3-7-20(17,18)13-11(15)10-5-4-6-14(10)12(16)9(2)8-19/h3,9-10,19H,1,4-8H2,2H3,(H,13,15)/t9-,10?/m1/s1. The van der Waals surface area contributed by atoms with E-state index in [2.05, 4.69) is 19.2 Å². The lowest BCUT2D eigenvalue weighted by Crippen LogP contribution is -2.49. The van der Waals surface area contributed by atoms with Gasteiger partial charge in [0.05, 0.1) is 5.75 Å². The summed E-state index contributed by atoms with van der Waals surface area (Å²) in [5, 5.41) is 0. The molecule has 0 aromatic rings. The van der Waals surface area contributed by atoms with Crippen molar-refractivity contribution in [1.82, 2.24) is 9.62 Å². The van der Waals surface area contributed by atoms with Gasteiger partial charge in [-0.15, -0.1) is 6.58 Å². The predicted octanol–water partition coefficient (Wildman–Crippen LogP) is 0.175. The number of amides is 2. The van der Waals surface area contributed by atoms with Crippen molar-refractivity contribution in [2.45, 2.75) is 25.8 Å². The Morgan fingerprint density at radius 1 is 1.55 bits per heavy atom. The average Bonchev–Trinajstić information content (AvgIpc) is 2.85. The minimum absolute atomic E-state index is 0.168. The first kappa shape index (κ1) is 17.0. The van der Waals surface area contributed by atoms with Gasteiger partial charge in [0.2, 0.25) is 15.9 Å². The second kappa shape index (κ2) is 7.12. The minimum Gasteiger partial charge on any atom is -0.330 e. The van der Waals surface area contributed by atoms with E-state index < -0.39 is 22.0 Å². The summed E-state index contributed by atoms with van der Waals surface area (Å²) in [4.78, 5) is 25.6. The average molecular weight is 320 g/mol. The molecule has 114 valence electrons. The Kier molecular flexibility index (Phi) is 6.07. The summed E-state index contributed by atoms with van der Waals surface area (Å²) in [5.41, 5.74) is 0. The summed E-state index contributed by atoms with van der Waals surface area (Å²) < 4.78 is 25.1. The molecule has 0 bridgehead atoms. The molecule has 6 nitrogen and oxygen atoms in total. The lowest BCUT2D eigenvalue weighted by molar-refractivity contribution is -0.140. The molecule has 20 heavy (non-hydrogen) atoms. The third-order valence-corrected chi connectivity index (χ3v) is 4.86. The molecule has 0 aliphatic carbocycles. The Labute approximate surface area is 125 Å². The molecule has 1 aliphatic rings. The molecular weight excluding hydrogens is 300 g/mol. The molecule has 1 saturated heterocycles. The van der Waals surface area contributed by atoms with E-state index >= 15 is 0 Å². The third-order valence-electron chi connectivity index (χ3n) is 3.13. The zero-order chi connectivity index (χ0) is 15.3. The maximum absolute atomic E-state index is 12.1. The summed E-state index contributed by atoms with van der Waals surface area (Å²) in [7, 11) is -3.71. The van der Waals surface area contributed by atoms with E-state index in [0.29, 0.717) is 25.1 Å². The van der Waals surface area contributed by atoms with Gasteiger partial charge in [-0.3, -0.25) is 14.3 Å². The van der Waals surface area contributed by atoms with Crippen LogP contribution in [0.15, 0.2) is 12.7 Å². The molecule has 2 amide bonds.